The van der Waals surface area contributed by atoms with E-state index in [1.165, 1.54) is 12.8 Å². The summed E-state index contributed by atoms with van der Waals surface area (Å²) in [4.78, 5) is 14.7. The van der Waals surface area contributed by atoms with E-state index in [1.54, 1.807) is 42.9 Å². The fourth-order valence-electron chi connectivity index (χ4n) is 5.35. The summed E-state index contributed by atoms with van der Waals surface area (Å²) in [6.45, 7) is 1.90. The van der Waals surface area contributed by atoms with Crippen LogP contribution < -0.4 is 8.92 Å². The summed E-state index contributed by atoms with van der Waals surface area (Å²) in [6.07, 6.45) is 9.61. The molecule has 2 unspecified atom stereocenters. The largest absolute Gasteiger partial charge is 0.473 e. The van der Waals surface area contributed by atoms with Crippen molar-refractivity contribution in [3.05, 3.63) is 66.6 Å². The molecule has 4 aromatic rings. The predicted octanol–water partition coefficient (Wildman–Crippen LogP) is 4.71. The van der Waals surface area contributed by atoms with Crippen LogP contribution in [0, 0.1) is 6.92 Å². The molecule has 8 nitrogen and oxygen atoms in total. The summed E-state index contributed by atoms with van der Waals surface area (Å²) in [6, 6.07) is 13.4. The monoisotopic (exact) mass is 504 g/mol. The third-order valence-electron chi connectivity index (χ3n) is 7.42. The Bertz CT molecular complexity index is 1490. The third-order valence-corrected chi connectivity index (χ3v) is 8.67. The SMILES string of the molecule is Cc1ccc(S(=O)(=O)Oc2c[nH]c3ccc(-c4cnc(OC5CC6CCC(C5)N6C)cn4)cc23)cc1. The van der Waals surface area contributed by atoms with E-state index in [-0.39, 0.29) is 16.7 Å². The van der Waals surface area contributed by atoms with Crippen molar-refractivity contribution in [2.24, 2.45) is 0 Å². The van der Waals surface area contributed by atoms with Crippen LogP contribution in [0.5, 0.6) is 11.6 Å². The lowest BCUT2D eigenvalue weighted by atomic mass is 10.0. The molecule has 0 radical (unpaired) electrons. The first-order valence-electron chi connectivity index (χ1n) is 12.2. The summed E-state index contributed by atoms with van der Waals surface area (Å²) in [5.74, 6) is 0.765. The molecular weight excluding hydrogens is 476 g/mol. The van der Waals surface area contributed by atoms with Crippen molar-refractivity contribution in [2.75, 3.05) is 7.05 Å². The van der Waals surface area contributed by atoms with Crippen molar-refractivity contribution in [1.29, 1.82) is 0 Å². The lowest BCUT2D eigenvalue weighted by molar-refractivity contribution is 0.0630. The summed E-state index contributed by atoms with van der Waals surface area (Å²) in [5.41, 5.74) is 3.21. The summed E-state index contributed by atoms with van der Waals surface area (Å²) >= 11 is 0. The van der Waals surface area contributed by atoms with E-state index in [9.17, 15) is 8.42 Å². The first-order chi connectivity index (χ1) is 17.4. The maximum absolute atomic E-state index is 12.8. The molecule has 0 amide bonds. The van der Waals surface area contributed by atoms with Crippen molar-refractivity contribution in [2.45, 2.75) is 55.7 Å². The second-order valence-electron chi connectivity index (χ2n) is 9.77. The van der Waals surface area contributed by atoms with E-state index in [2.05, 4.69) is 26.9 Å². The van der Waals surface area contributed by atoms with Crippen molar-refractivity contribution < 1.29 is 17.3 Å². The van der Waals surface area contributed by atoms with Gasteiger partial charge in [-0.2, -0.15) is 8.42 Å². The smallest absolute Gasteiger partial charge is 0.339 e. The maximum atomic E-state index is 12.8. The molecule has 4 heterocycles. The number of ether oxygens (including phenoxy) is 1. The highest BCUT2D eigenvalue weighted by atomic mass is 32.2. The van der Waals surface area contributed by atoms with E-state index in [4.69, 9.17) is 8.92 Å². The fourth-order valence-corrected chi connectivity index (χ4v) is 6.29. The average Bonchev–Trinajstić information content (AvgIpc) is 3.33. The van der Waals surface area contributed by atoms with Crippen LogP contribution in [0.15, 0.2) is 66.0 Å². The van der Waals surface area contributed by atoms with Crippen LogP contribution in [-0.4, -0.2) is 53.5 Å². The van der Waals surface area contributed by atoms with Gasteiger partial charge in [0.1, 0.15) is 11.0 Å². The van der Waals surface area contributed by atoms with Gasteiger partial charge in [0.25, 0.3) is 0 Å². The average molecular weight is 505 g/mol. The number of aromatic nitrogens is 3. The zero-order chi connectivity index (χ0) is 24.9. The molecule has 6 rings (SSSR count). The number of piperidine rings is 1. The Morgan fingerprint density at radius 3 is 2.44 bits per heavy atom. The van der Waals surface area contributed by atoms with E-state index < -0.39 is 10.1 Å². The number of fused-ring (bicyclic) bond motifs is 3. The number of nitrogens with zero attached hydrogens (tertiary/aromatic N) is 3. The number of hydrogen-bond acceptors (Lipinski definition) is 7. The highest BCUT2D eigenvalue weighted by Gasteiger charge is 2.39. The lowest BCUT2D eigenvalue weighted by Gasteiger charge is -2.35. The van der Waals surface area contributed by atoms with Crippen LogP contribution in [0.2, 0.25) is 0 Å². The summed E-state index contributed by atoms with van der Waals surface area (Å²) in [7, 11) is -1.75. The van der Waals surface area contributed by atoms with Gasteiger partial charge in [0.05, 0.1) is 18.1 Å². The van der Waals surface area contributed by atoms with Crippen molar-refractivity contribution in [3.63, 3.8) is 0 Å². The Balaban J connectivity index is 1.20. The quantitative estimate of drug-likeness (QED) is 0.380. The first-order valence-corrected chi connectivity index (χ1v) is 13.6. The summed E-state index contributed by atoms with van der Waals surface area (Å²) < 4.78 is 37.2. The van der Waals surface area contributed by atoms with Gasteiger partial charge in [-0.05, 0) is 63.9 Å². The third kappa shape index (κ3) is 4.33. The second kappa shape index (κ2) is 8.90. The van der Waals surface area contributed by atoms with Gasteiger partial charge in [-0.3, -0.25) is 0 Å². The van der Waals surface area contributed by atoms with Gasteiger partial charge in [0.2, 0.25) is 5.88 Å². The Labute approximate surface area is 210 Å². The standard InChI is InChI=1S/C27H28N4O4S/c1-17-3-8-22(9-4-17)36(32,33)35-26-15-28-24-10-5-18(11-23(24)26)25-14-30-27(16-29-25)34-21-12-19-6-7-20(13-21)31(19)2/h3-5,8-11,14-16,19-21,28H,6-7,12-13H2,1-2H3. The van der Waals surface area contributed by atoms with Gasteiger partial charge in [-0.15, -0.1) is 0 Å². The minimum absolute atomic E-state index is 0.109. The number of rotatable bonds is 6. The number of nitrogens with one attached hydrogen (secondary N) is 1. The van der Waals surface area contributed by atoms with E-state index >= 15 is 0 Å². The molecule has 2 fully saturated rings. The number of hydrogen-bond donors (Lipinski definition) is 1. The molecule has 0 aliphatic carbocycles. The molecule has 9 heteroatoms. The molecule has 2 aromatic heterocycles. The van der Waals surface area contributed by atoms with E-state index in [1.807, 2.05) is 25.1 Å². The molecule has 0 spiro atoms. The number of benzene rings is 2. The van der Waals surface area contributed by atoms with Crippen LogP contribution in [0.25, 0.3) is 22.2 Å². The maximum Gasteiger partial charge on any atom is 0.339 e. The first kappa shape index (κ1) is 23.0. The van der Waals surface area contributed by atoms with Gasteiger partial charge in [0.15, 0.2) is 5.75 Å². The van der Waals surface area contributed by atoms with Crippen molar-refractivity contribution in [1.82, 2.24) is 19.9 Å². The predicted molar refractivity (Wildman–Crippen MR) is 137 cm³/mol. The number of H-pyrrole nitrogens is 1. The molecule has 2 bridgehead atoms. The molecule has 2 aromatic carbocycles. The molecule has 36 heavy (non-hydrogen) atoms. The molecule has 0 saturated carbocycles. The lowest BCUT2D eigenvalue weighted by Crippen LogP contribution is -2.43. The molecule has 2 atom stereocenters. The summed E-state index contributed by atoms with van der Waals surface area (Å²) in [5, 5.41) is 0.645. The van der Waals surface area contributed by atoms with E-state index in [0.29, 0.717) is 29.0 Å². The van der Waals surface area contributed by atoms with Crippen LogP contribution in [-0.2, 0) is 10.1 Å². The molecule has 186 valence electrons. The van der Waals surface area contributed by atoms with E-state index in [0.717, 1.165) is 29.5 Å². The Morgan fingerprint density at radius 2 is 1.75 bits per heavy atom. The molecule has 2 aliphatic rings. The Morgan fingerprint density at radius 1 is 1.00 bits per heavy atom. The van der Waals surface area contributed by atoms with Gasteiger partial charge in [0, 0.05) is 34.7 Å². The Kier molecular flexibility index (Phi) is 5.69. The van der Waals surface area contributed by atoms with Crippen LogP contribution in [0.4, 0.5) is 0 Å². The highest BCUT2D eigenvalue weighted by Crippen LogP contribution is 2.36. The highest BCUT2D eigenvalue weighted by molar-refractivity contribution is 7.87. The minimum atomic E-state index is -3.96. The number of aromatic amines is 1. The minimum Gasteiger partial charge on any atom is -0.473 e. The Hall–Kier alpha value is -3.43. The van der Waals surface area contributed by atoms with Crippen molar-refractivity contribution >= 4 is 21.0 Å². The normalized spacial score (nSPS) is 22.1. The van der Waals surface area contributed by atoms with Crippen LogP contribution in [0.3, 0.4) is 0 Å². The topological polar surface area (TPSA) is 97.4 Å². The van der Waals surface area contributed by atoms with Crippen molar-refractivity contribution in [3.8, 4) is 22.9 Å². The molecule has 1 N–H and O–H groups in total. The van der Waals surface area contributed by atoms with Gasteiger partial charge < -0.3 is 18.8 Å². The van der Waals surface area contributed by atoms with Crippen LogP contribution in [0.1, 0.15) is 31.2 Å². The zero-order valence-electron chi connectivity index (χ0n) is 20.2. The zero-order valence-corrected chi connectivity index (χ0v) is 21.0. The van der Waals surface area contributed by atoms with Gasteiger partial charge in [-0.1, -0.05) is 23.8 Å². The molecule has 2 saturated heterocycles. The van der Waals surface area contributed by atoms with Crippen LogP contribution >= 0.6 is 0 Å². The molecule has 2 aliphatic heterocycles. The van der Waals surface area contributed by atoms with Gasteiger partial charge >= 0.3 is 10.1 Å². The fraction of sp³-hybridized carbons (Fsp3) is 0.333. The van der Waals surface area contributed by atoms with Gasteiger partial charge in [-0.25, -0.2) is 9.97 Å². The second-order valence-corrected chi connectivity index (χ2v) is 11.3. The molecular formula is C27H28N4O4S. The number of aryl methyl sites for hydroxylation is 1.